The molecule has 3 aromatic rings. The van der Waals surface area contributed by atoms with Crippen LogP contribution in [0.3, 0.4) is 0 Å². The van der Waals surface area contributed by atoms with Gasteiger partial charge >= 0.3 is 0 Å². The molecule has 0 radical (unpaired) electrons. The van der Waals surface area contributed by atoms with Crippen LogP contribution in [0.15, 0.2) is 54.6 Å². The number of hydrogen-bond acceptors (Lipinski definition) is 5. The molecule has 3 rings (SSSR count). The highest BCUT2D eigenvalue weighted by Crippen LogP contribution is 2.20. The van der Waals surface area contributed by atoms with Gasteiger partial charge in [0.25, 0.3) is 5.69 Å². The van der Waals surface area contributed by atoms with Gasteiger partial charge < -0.3 is 10.6 Å². The molecule has 2 aromatic carbocycles. The number of non-ortho nitro benzene ring substituents is 1. The summed E-state index contributed by atoms with van der Waals surface area (Å²) in [6.07, 6.45) is 0. The van der Waals surface area contributed by atoms with Crippen molar-refractivity contribution in [2.24, 2.45) is 0 Å². The molecule has 2 N–H and O–H groups in total. The number of aromatic nitrogens is 1. The maximum atomic E-state index is 13.7. The minimum Gasteiger partial charge on any atom is -0.381 e. The van der Waals surface area contributed by atoms with Crippen LogP contribution in [0.1, 0.15) is 0 Å². The largest absolute Gasteiger partial charge is 0.381 e. The number of pyridine rings is 1. The number of nitrogens with zero attached hydrogens (tertiary/aromatic N) is 2. The van der Waals surface area contributed by atoms with Crippen LogP contribution in [-0.4, -0.2) is 23.0 Å². The van der Waals surface area contributed by atoms with Gasteiger partial charge in [-0.2, -0.15) is 0 Å². The average molecular weight is 326 g/mol. The predicted molar refractivity (Wildman–Crippen MR) is 91.8 cm³/mol. The van der Waals surface area contributed by atoms with Crippen molar-refractivity contribution in [2.45, 2.75) is 0 Å². The molecule has 7 heteroatoms. The smallest absolute Gasteiger partial charge is 0.272 e. The van der Waals surface area contributed by atoms with Crippen LogP contribution in [-0.2, 0) is 0 Å². The number of nitro groups is 1. The standard InChI is InChI=1S/C17H15FN4O2/c18-14-11-13(22(23)24)6-7-16(14)19-9-10-20-17-8-5-12-3-1-2-4-15(12)21-17/h1-8,11,19H,9-10H2,(H,20,21). The van der Waals surface area contributed by atoms with E-state index in [1.807, 2.05) is 36.4 Å². The molecule has 24 heavy (non-hydrogen) atoms. The molecule has 0 bridgehead atoms. The summed E-state index contributed by atoms with van der Waals surface area (Å²) in [5.74, 6) is 0.0905. The Morgan fingerprint density at radius 1 is 1.04 bits per heavy atom. The molecule has 0 aliphatic carbocycles. The lowest BCUT2D eigenvalue weighted by Crippen LogP contribution is -2.15. The molecular formula is C17H15FN4O2. The van der Waals surface area contributed by atoms with Gasteiger partial charge in [-0.25, -0.2) is 9.37 Å². The first-order valence-electron chi connectivity index (χ1n) is 7.41. The second-order valence-corrected chi connectivity index (χ2v) is 5.16. The fourth-order valence-electron chi connectivity index (χ4n) is 2.31. The predicted octanol–water partition coefficient (Wildman–Crippen LogP) is 3.81. The topological polar surface area (TPSA) is 80.1 Å². The van der Waals surface area contributed by atoms with Gasteiger partial charge in [-0.15, -0.1) is 0 Å². The second kappa shape index (κ2) is 6.91. The van der Waals surface area contributed by atoms with Gasteiger partial charge in [-0.05, 0) is 24.3 Å². The highest BCUT2D eigenvalue weighted by atomic mass is 19.1. The first-order chi connectivity index (χ1) is 11.6. The van der Waals surface area contributed by atoms with Crippen molar-refractivity contribution in [3.05, 3.63) is 70.5 Å². The van der Waals surface area contributed by atoms with Gasteiger partial charge in [0.15, 0.2) is 5.82 Å². The Morgan fingerprint density at radius 3 is 2.62 bits per heavy atom. The monoisotopic (exact) mass is 326 g/mol. The van der Waals surface area contributed by atoms with Crippen molar-refractivity contribution in [1.29, 1.82) is 0 Å². The maximum absolute atomic E-state index is 13.7. The fourth-order valence-corrected chi connectivity index (χ4v) is 2.31. The second-order valence-electron chi connectivity index (χ2n) is 5.16. The fraction of sp³-hybridized carbons (Fsp3) is 0.118. The lowest BCUT2D eigenvalue weighted by Gasteiger charge is -2.09. The Bertz CT molecular complexity index is 885. The van der Waals surface area contributed by atoms with Crippen LogP contribution in [0.2, 0.25) is 0 Å². The molecular weight excluding hydrogens is 311 g/mol. The Hall–Kier alpha value is -3.22. The summed E-state index contributed by atoms with van der Waals surface area (Å²) in [6.45, 7) is 0.977. The molecule has 0 aliphatic rings. The van der Waals surface area contributed by atoms with Crippen molar-refractivity contribution in [1.82, 2.24) is 4.98 Å². The molecule has 1 heterocycles. The Kier molecular flexibility index (Phi) is 4.51. The van der Waals surface area contributed by atoms with E-state index < -0.39 is 10.7 Å². The van der Waals surface area contributed by atoms with E-state index in [1.54, 1.807) is 0 Å². The molecule has 0 unspecified atom stereocenters. The number of anilines is 2. The van der Waals surface area contributed by atoms with E-state index in [0.29, 0.717) is 13.1 Å². The molecule has 122 valence electrons. The third-order valence-corrected chi connectivity index (χ3v) is 3.51. The number of benzene rings is 2. The van der Waals surface area contributed by atoms with Gasteiger partial charge in [0.2, 0.25) is 0 Å². The van der Waals surface area contributed by atoms with Crippen LogP contribution >= 0.6 is 0 Å². The third kappa shape index (κ3) is 3.57. The van der Waals surface area contributed by atoms with Gasteiger partial charge in [-0.1, -0.05) is 18.2 Å². The molecule has 1 aromatic heterocycles. The molecule has 0 fully saturated rings. The van der Waals surface area contributed by atoms with E-state index in [1.165, 1.54) is 12.1 Å². The van der Waals surface area contributed by atoms with Gasteiger partial charge in [-0.3, -0.25) is 10.1 Å². The first kappa shape index (κ1) is 15.7. The van der Waals surface area contributed by atoms with Crippen LogP contribution in [0, 0.1) is 15.9 Å². The van der Waals surface area contributed by atoms with E-state index in [-0.39, 0.29) is 11.4 Å². The van der Waals surface area contributed by atoms with Crippen molar-refractivity contribution in [3.8, 4) is 0 Å². The number of nitrogens with one attached hydrogen (secondary N) is 2. The lowest BCUT2D eigenvalue weighted by molar-refractivity contribution is -0.385. The number of rotatable bonds is 6. The number of hydrogen-bond donors (Lipinski definition) is 2. The van der Waals surface area contributed by atoms with E-state index in [4.69, 9.17) is 0 Å². The summed E-state index contributed by atoms with van der Waals surface area (Å²) < 4.78 is 13.7. The first-order valence-corrected chi connectivity index (χ1v) is 7.41. The molecule has 0 atom stereocenters. The Balaban J connectivity index is 1.55. The van der Waals surface area contributed by atoms with Crippen molar-refractivity contribution in [2.75, 3.05) is 23.7 Å². The third-order valence-electron chi connectivity index (χ3n) is 3.51. The van der Waals surface area contributed by atoms with Gasteiger partial charge in [0, 0.05) is 24.5 Å². The number of para-hydroxylation sites is 1. The number of nitro benzene ring substituents is 1. The zero-order valence-corrected chi connectivity index (χ0v) is 12.7. The maximum Gasteiger partial charge on any atom is 0.272 e. The molecule has 0 amide bonds. The lowest BCUT2D eigenvalue weighted by atomic mass is 10.2. The highest BCUT2D eigenvalue weighted by Gasteiger charge is 2.10. The quantitative estimate of drug-likeness (QED) is 0.409. The van der Waals surface area contributed by atoms with Crippen molar-refractivity contribution >= 4 is 28.1 Å². The molecule has 6 nitrogen and oxygen atoms in total. The number of halogens is 1. The minimum absolute atomic E-state index is 0.230. The van der Waals surface area contributed by atoms with Crippen molar-refractivity contribution in [3.63, 3.8) is 0 Å². The number of fused-ring (bicyclic) bond motifs is 1. The average Bonchev–Trinajstić information content (AvgIpc) is 2.59. The van der Waals surface area contributed by atoms with Gasteiger partial charge in [0.05, 0.1) is 22.2 Å². The van der Waals surface area contributed by atoms with Crippen LogP contribution in [0.25, 0.3) is 10.9 Å². The summed E-state index contributed by atoms with van der Waals surface area (Å²) in [4.78, 5) is 14.4. The summed E-state index contributed by atoms with van der Waals surface area (Å²) in [6, 6.07) is 15.2. The molecule has 0 aliphatic heterocycles. The van der Waals surface area contributed by atoms with E-state index in [2.05, 4.69) is 15.6 Å². The summed E-state index contributed by atoms with van der Waals surface area (Å²) in [5, 5.41) is 17.7. The Morgan fingerprint density at radius 2 is 1.83 bits per heavy atom. The Labute approximate surface area is 137 Å². The highest BCUT2D eigenvalue weighted by molar-refractivity contribution is 5.80. The molecule has 0 spiro atoms. The van der Waals surface area contributed by atoms with Crippen LogP contribution < -0.4 is 10.6 Å². The van der Waals surface area contributed by atoms with Gasteiger partial charge in [0.1, 0.15) is 5.82 Å². The van der Waals surface area contributed by atoms with E-state index >= 15 is 0 Å². The van der Waals surface area contributed by atoms with Crippen LogP contribution in [0.4, 0.5) is 21.6 Å². The molecule has 0 saturated carbocycles. The van der Waals surface area contributed by atoms with Crippen LogP contribution in [0.5, 0.6) is 0 Å². The molecule has 0 saturated heterocycles. The van der Waals surface area contributed by atoms with E-state index in [9.17, 15) is 14.5 Å². The summed E-state index contributed by atoms with van der Waals surface area (Å²) in [5.41, 5.74) is 0.863. The zero-order chi connectivity index (χ0) is 16.9. The normalized spacial score (nSPS) is 10.5. The zero-order valence-electron chi connectivity index (χ0n) is 12.7. The van der Waals surface area contributed by atoms with Crippen molar-refractivity contribution < 1.29 is 9.31 Å². The SMILES string of the molecule is O=[N+]([O-])c1ccc(NCCNc2ccc3ccccc3n2)c(F)c1. The van der Waals surface area contributed by atoms with E-state index in [0.717, 1.165) is 22.8 Å². The summed E-state index contributed by atoms with van der Waals surface area (Å²) >= 11 is 0. The minimum atomic E-state index is -0.645. The summed E-state index contributed by atoms with van der Waals surface area (Å²) in [7, 11) is 0.